The minimum absolute atomic E-state index is 0.00299. The first-order valence-corrected chi connectivity index (χ1v) is 5.66. The van der Waals surface area contributed by atoms with Crippen LogP contribution in [0.5, 0.6) is 0 Å². The van der Waals surface area contributed by atoms with Crippen LogP contribution in [0.3, 0.4) is 0 Å². The van der Waals surface area contributed by atoms with Gasteiger partial charge in [0.25, 0.3) is 0 Å². The van der Waals surface area contributed by atoms with Crippen LogP contribution < -0.4 is 5.32 Å². The number of rotatable bonds is 5. The third-order valence-corrected chi connectivity index (χ3v) is 2.58. The molecule has 2 nitrogen and oxygen atoms in total. The number of hydrogen-bond acceptors (Lipinski definition) is 1. The molecule has 3 heteroatoms. The van der Waals surface area contributed by atoms with Crippen LogP contribution in [-0.4, -0.2) is 5.91 Å². The van der Waals surface area contributed by atoms with Gasteiger partial charge in [-0.05, 0) is 12.5 Å². The quantitative estimate of drug-likeness (QED) is 0.817. The van der Waals surface area contributed by atoms with E-state index in [1.807, 2.05) is 13.8 Å². The van der Waals surface area contributed by atoms with Crippen LogP contribution in [0, 0.1) is 11.7 Å². The molecule has 0 spiro atoms. The van der Waals surface area contributed by atoms with Crippen LogP contribution in [0.25, 0.3) is 0 Å². The van der Waals surface area contributed by atoms with Crippen molar-refractivity contribution >= 4 is 5.91 Å². The van der Waals surface area contributed by atoms with E-state index in [9.17, 15) is 9.18 Å². The van der Waals surface area contributed by atoms with Crippen molar-refractivity contribution in [1.82, 2.24) is 5.32 Å². The molecule has 0 aromatic heterocycles. The van der Waals surface area contributed by atoms with Gasteiger partial charge in [0, 0.05) is 18.0 Å². The Labute approximate surface area is 95.9 Å². The fourth-order valence-electron chi connectivity index (χ4n) is 1.56. The van der Waals surface area contributed by atoms with E-state index in [0.717, 1.165) is 12.8 Å². The zero-order valence-corrected chi connectivity index (χ0v) is 9.79. The molecule has 0 saturated carbocycles. The summed E-state index contributed by atoms with van der Waals surface area (Å²) in [6.07, 6.45) is 1.84. The number of hydrogen-bond donors (Lipinski definition) is 1. The molecule has 1 amide bonds. The van der Waals surface area contributed by atoms with Crippen molar-refractivity contribution < 1.29 is 9.18 Å². The summed E-state index contributed by atoms with van der Waals surface area (Å²) >= 11 is 0. The molecule has 0 radical (unpaired) electrons. The molecule has 0 heterocycles. The predicted octanol–water partition coefficient (Wildman–Crippen LogP) is 2.88. The standard InChI is InChI=1S/C13H18FNO/c1-3-6-10(2)13(16)15-9-11-7-4-5-8-12(11)14/h4-5,7-8,10H,3,6,9H2,1-2H3,(H,15,16). The maximum Gasteiger partial charge on any atom is 0.223 e. The van der Waals surface area contributed by atoms with Gasteiger partial charge in [0.2, 0.25) is 5.91 Å². The molecule has 0 fully saturated rings. The van der Waals surface area contributed by atoms with Gasteiger partial charge in [0.05, 0.1) is 0 Å². The Morgan fingerprint density at radius 3 is 2.75 bits per heavy atom. The first-order chi connectivity index (χ1) is 7.65. The zero-order valence-electron chi connectivity index (χ0n) is 9.79. The highest BCUT2D eigenvalue weighted by atomic mass is 19.1. The Morgan fingerprint density at radius 1 is 1.44 bits per heavy atom. The Balaban J connectivity index is 2.46. The van der Waals surface area contributed by atoms with E-state index in [2.05, 4.69) is 5.32 Å². The number of amides is 1. The van der Waals surface area contributed by atoms with Crippen LogP contribution in [-0.2, 0) is 11.3 Å². The molecule has 16 heavy (non-hydrogen) atoms. The lowest BCUT2D eigenvalue weighted by atomic mass is 10.1. The first-order valence-electron chi connectivity index (χ1n) is 5.66. The maximum atomic E-state index is 13.2. The predicted molar refractivity (Wildman–Crippen MR) is 62.3 cm³/mol. The maximum absolute atomic E-state index is 13.2. The SMILES string of the molecule is CCCC(C)C(=O)NCc1ccccc1F. The second-order valence-electron chi connectivity index (χ2n) is 4.00. The summed E-state index contributed by atoms with van der Waals surface area (Å²) in [5.41, 5.74) is 0.527. The normalized spacial score (nSPS) is 12.2. The molecule has 1 aromatic rings. The van der Waals surface area contributed by atoms with Gasteiger partial charge in [-0.15, -0.1) is 0 Å². The van der Waals surface area contributed by atoms with Gasteiger partial charge in [-0.2, -0.15) is 0 Å². The number of nitrogens with one attached hydrogen (secondary N) is 1. The Hall–Kier alpha value is -1.38. The van der Waals surface area contributed by atoms with Crippen molar-refractivity contribution in [2.75, 3.05) is 0 Å². The fourth-order valence-corrected chi connectivity index (χ4v) is 1.56. The van der Waals surface area contributed by atoms with E-state index in [-0.39, 0.29) is 24.2 Å². The summed E-state index contributed by atoms with van der Waals surface area (Å²) in [7, 11) is 0. The summed E-state index contributed by atoms with van der Waals surface area (Å²) in [5.74, 6) is -0.284. The van der Waals surface area contributed by atoms with Gasteiger partial charge < -0.3 is 5.32 Å². The number of halogens is 1. The van der Waals surface area contributed by atoms with Crippen LogP contribution in [0.4, 0.5) is 4.39 Å². The topological polar surface area (TPSA) is 29.1 Å². The summed E-state index contributed by atoms with van der Waals surface area (Å²) in [5, 5.41) is 2.75. The van der Waals surface area contributed by atoms with Gasteiger partial charge >= 0.3 is 0 Å². The summed E-state index contributed by atoms with van der Waals surface area (Å²) in [6.45, 7) is 4.19. The first kappa shape index (κ1) is 12.7. The average Bonchev–Trinajstić information content (AvgIpc) is 2.28. The third kappa shape index (κ3) is 3.65. The molecule has 1 rings (SSSR count). The van der Waals surface area contributed by atoms with Crippen molar-refractivity contribution in [3.8, 4) is 0 Å². The second-order valence-corrected chi connectivity index (χ2v) is 4.00. The minimum atomic E-state index is -0.272. The Bertz CT molecular complexity index is 352. The highest BCUT2D eigenvalue weighted by molar-refractivity contribution is 5.78. The number of benzene rings is 1. The van der Waals surface area contributed by atoms with Crippen molar-refractivity contribution in [2.45, 2.75) is 33.2 Å². The minimum Gasteiger partial charge on any atom is -0.352 e. The van der Waals surface area contributed by atoms with E-state index in [1.54, 1.807) is 18.2 Å². The number of carbonyl (C=O) groups is 1. The van der Waals surface area contributed by atoms with Gasteiger partial charge in [-0.3, -0.25) is 4.79 Å². The van der Waals surface area contributed by atoms with Crippen LogP contribution in [0.2, 0.25) is 0 Å². The van der Waals surface area contributed by atoms with Gasteiger partial charge in [-0.1, -0.05) is 38.5 Å². The molecule has 1 aromatic carbocycles. The van der Waals surface area contributed by atoms with E-state index in [4.69, 9.17) is 0 Å². The van der Waals surface area contributed by atoms with Crippen molar-refractivity contribution in [3.05, 3.63) is 35.6 Å². The molecule has 1 unspecified atom stereocenters. The second kappa shape index (κ2) is 6.26. The lowest BCUT2D eigenvalue weighted by Crippen LogP contribution is -2.28. The molecule has 0 aliphatic carbocycles. The largest absolute Gasteiger partial charge is 0.352 e. The highest BCUT2D eigenvalue weighted by Gasteiger charge is 2.11. The summed E-state index contributed by atoms with van der Waals surface area (Å²) < 4.78 is 13.2. The summed E-state index contributed by atoms with van der Waals surface area (Å²) in [4.78, 5) is 11.6. The Morgan fingerprint density at radius 2 is 2.12 bits per heavy atom. The molecular formula is C13H18FNO. The van der Waals surface area contributed by atoms with Crippen LogP contribution in [0.15, 0.2) is 24.3 Å². The summed E-state index contributed by atoms with van der Waals surface area (Å²) in [6, 6.07) is 6.48. The highest BCUT2D eigenvalue weighted by Crippen LogP contribution is 2.08. The lowest BCUT2D eigenvalue weighted by Gasteiger charge is -2.11. The smallest absolute Gasteiger partial charge is 0.223 e. The fraction of sp³-hybridized carbons (Fsp3) is 0.462. The monoisotopic (exact) mass is 223 g/mol. The van der Waals surface area contributed by atoms with Gasteiger partial charge in [-0.25, -0.2) is 4.39 Å². The molecule has 88 valence electrons. The third-order valence-electron chi connectivity index (χ3n) is 2.58. The molecule has 0 aliphatic heterocycles. The van der Waals surface area contributed by atoms with E-state index < -0.39 is 0 Å². The van der Waals surface area contributed by atoms with Crippen LogP contribution >= 0.6 is 0 Å². The van der Waals surface area contributed by atoms with E-state index in [1.165, 1.54) is 6.07 Å². The molecule has 0 saturated heterocycles. The average molecular weight is 223 g/mol. The zero-order chi connectivity index (χ0) is 12.0. The molecule has 1 atom stereocenters. The lowest BCUT2D eigenvalue weighted by molar-refractivity contribution is -0.124. The van der Waals surface area contributed by atoms with Crippen molar-refractivity contribution in [3.63, 3.8) is 0 Å². The molecule has 0 aliphatic rings. The van der Waals surface area contributed by atoms with Crippen molar-refractivity contribution in [1.29, 1.82) is 0 Å². The molecule has 0 bridgehead atoms. The molecular weight excluding hydrogens is 205 g/mol. The van der Waals surface area contributed by atoms with Crippen LogP contribution in [0.1, 0.15) is 32.3 Å². The van der Waals surface area contributed by atoms with Crippen molar-refractivity contribution in [2.24, 2.45) is 5.92 Å². The van der Waals surface area contributed by atoms with Gasteiger partial charge in [0.1, 0.15) is 5.82 Å². The Kier molecular flexibility index (Phi) is 4.96. The van der Waals surface area contributed by atoms with Gasteiger partial charge in [0.15, 0.2) is 0 Å². The number of carbonyl (C=O) groups excluding carboxylic acids is 1. The van der Waals surface area contributed by atoms with E-state index >= 15 is 0 Å². The van der Waals surface area contributed by atoms with E-state index in [0.29, 0.717) is 5.56 Å². The molecule has 1 N–H and O–H groups in total.